The quantitative estimate of drug-likeness (QED) is 0.799. The van der Waals surface area contributed by atoms with Gasteiger partial charge >= 0.3 is 0 Å². The van der Waals surface area contributed by atoms with Crippen LogP contribution in [0.5, 0.6) is 5.75 Å². The van der Waals surface area contributed by atoms with E-state index in [0.29, 0.717) is 38.3 Å². The number of rotatable bonds is 5. The Morgan fingerprint density at radius 1 is 1.07 bits per heavy atom. The molecule has 0 aliphatic carbocycles. The molecule has 4 nitrogen and oxygen atoms in total. The number of aryl methyl sites for hydroxylation is 1. The minimum Gasteiger partial charge on any atom is -0.480 e. The van der Waals surface area contributed by atoms with Gasteiger partial charge in [0.05, 0.1) is 5.69 Å². The van der Waals surface area contributed by atoms with Gasteiger partial charge in [0.2, 0.25) is 0 Å². The largest absolute Gasteiger partial charge is 0.480 e. The maximum atomic E-state index is 14.0. The van der Waals surface area contributed by atoms with E-state index in [-0.39, 0.29) is 11.7 Å². The molecule has 0 saturated carbocycles. The van der Waals surface area contributed by atoms with Gasteiger partial charge < -0.3 is 14.5 Å². The van der Waals surface area contributed by atoms with Crippen molar-refractivity contribution in [2.75, 3.05) is 31.1 Å². The van der Waals surface area contributed by atoms with Crippen LogP contribution in [-0.2, 0) is 4.79 Å². The number of hydrogen-bond acceptors (Lipinski definition) is 3. The van der Waals surface area contributed by atoms with Crippen molar-refractivity contribution in [2.45, 2.75) is 33.3 Å². The zero-order chi connectivity index (χ0) is 19.4. The van der Waals surface area contributed by atoms with Crippen LogP contribution in [0.4, 0.5) is 10.1 Å². The maximum Gasteiger partial charge on any atom is 0.263 e. The Hall–Kier alpha value is -2.56. The average molecular weight is 370 g/mol. The molecule has 3 rings (SSSR count). The second-order valence-electron chi connectivity index (χ2n) is 6.98. The molecular weight excluding hydrogens is 343 g/mol. The van der Waals surface area contributed by atoms with Gasteiger partial charge in [-0.15, -0.1) is 0 Å². The minimum atomic E-state index is -0.495. The molecule has 1 fully saturated rings. The van der Waals surface area contributed by atoms with Gasteiger partial charge in [-0.1, -0.05) is 31.2 Å². The molecule has 1 amide bonds. The number of carbonyl (C=O) groups excluding carboxylic acids is 1. The van der Waals surface area contributed by atoms with E-state index in [1.165, 1.54) is 6.07 Å². The van der Waals surface area contributed by atoms with Crippen molar-refractivity contribution >= 4 is 11.6 Å². The van der Waals surface area contributed by atoms with Crippen molar-refractivity contribution in [3.8, 4) is 5.75 Å². The Kier molecular flexibility index (Phi) is 5.99. The third-order valence-corrected chi connectivity index (χ3v) is 5.25. The molecule has 0 N–H and O–H groups in total. The van der Waals surface area contributed by atoms with Crippen LogP contribution in [0.1, 0.15) is 24.5 Å². The van der Waals surface area contributed by atoms with Gasteiger partial charge in [0.25, 0.3) is 5.91 Å². The molecule has 27 heavy (non-hydrogen) atoms. The van der Waals surface area contributed by atoms with Crippen LogP contribution in [-0.4, -0.2) is 43.1 Å². The van der Waals surface area contributed by atoms with Crippen LogP contribution in [0.2, 0.25) is 0 Å². The molecule has 0 aromatic heterocycles. The minimum absolute atomic E-state index is 0.00610. The number of benzene rings is 2. The Morgan fingerprint density at radius 3 is 2.44 bits per heavy atom. The van der Waals surface area contributed by atoms with E-state index in [4.69, 9.17) is 4.74 Å². The summed E-state index contributed by atoms with van der Waals surface area (Å²) in [4.78, 5) is 16.8. The predicted molar refractivity (Wildman–Crippen MR) is 106 cm³/mol. The van der Waals surface area contributed by atoms with Crippen LogP contribution >= 0.6 is 0 Å². The highest BCUT2D eigenvalue weighted by molar-refractivity contribution is 5.81. The molecule has 0 radical (unpaired) electrons. The third-order valence-electron chi connectivity index (χ3n) is 5.25. The molecule has 1 atom stereocenters. The number of hydrogen-bond donors (Lipinski definition) is 0. The highest BCUT2D eigenvalue weighted by Crippen LogP contribution is 2.24. The first kappa shape index (κ1) is 19.2. The van der Waals surface area contributed by atoms with Crippen molar-refractivity contribution in [3.05, 3.63) is 59.4 Å². The molecule has 5 heteroatoms. The first-order valence-corrected chi connectivity index (χ1v) is 9.52. The van der Waals surface area contributed by atoms with Crippen LogP contribution in [0.3, 0.4) is 0 Å². The van der Waals surface area contributed by atoms with Crippen molar-refractivity contribution in [2.24, 2.45) is 0 Å². The summed E-state index contributed by atoms with van der Waals surface area (Å²) in [7, 11) is 0. The SMILES string of the molecule is CC[C@@H](Oc1cccc(C)c1C)C(=O)N1CCN(c2ccccc2F)CC1. The number of anilines is 1. The molecule has 2 aromatic rings. The number of nitrogens with zero attached hydrogens (tertiary/aromatic N) is 2. The number of ether oxygens (including phenoxy) is 1. The van der Waals surface area contributed by atoms with E-state index in [1.54, 1.807) is 12.1 Å². The Labute approximate surface area is 160 Å². The predicted octanol–water partition coefficient (Wildman–Crippen LogP) is 3.95. The van der Waals surface area contributed by atoms with Crippen molar-refractivity contribution in [1.29, 1.82) is 0 Å². The molecule has 144 valence electrons. The summed E-state index contributed by atoms with van der Waals surface area (Å²) in [6.07, 6.45) is 0.116. The molecule has 2 aromatic carbocycles. The smallest absolute Gasteiger partial charge is 0.263 e. The lowest BCUT2D eigenvalue weighted by Crippen LogP contribution is -2.52. The van der Waals surface area contributed by atoms with Crippen molar-refractivity contribution < 1.29 is 13.9 Å². The fourth-order valence-corrected chi connectivity index (χ4v) is 3.39. The molecule has 1 aliphatic heterocycles. The lowest BCUT2D eigenvalue weighted by atomic mass is 10.1. The topological polar surface area (TPSA) is 32.8 Å². The van der Waals surface area contributed by atoms with E-state index < -0.39 is 6.10 Å². The number of carbonyl (C=O) groups is 1. The van der Waals surface area contributed by atoms with Crippen LogP contribution in [0.15, 0.2) is 42.5 Å². The average Bonchev–Trinajstić information content (AvgIpc) is 2.69. The summed E-state index contributed by atoms with van der Waals surface area (Å²) in [6, 6.07) is 12.7. The first-order chi connectivity index (χ1) is 13.0. The highest BCUT2D eigenvalue weighted by atomic mass is 19.1. The van der Waals surface area contributed by atoms with E-state index >= 15 is 0 Å². The lowest BCUT2D eigenvalue weighted by molar-refractivity contribution is -0.139. The molecule has 1 aliphatic rings. The van der Waals surface area contributed by atoms with Gasteiger partial charge in [0.15, 0.2) is 6.10 Å². The normalized spacial score (nSPS) is 15.6. The summed E-state index contributed by atoms with van der Waals surface area (Å²) < 4.78 is 20.0. The summed E-state index contributed by atoms with van der Waals surface area (Å²) in [6.45, 7) is 8.38. The number of amides is 1. The van der Waals surface area contributed by atoms with Gasteiger partial charge in [-0.3, -0.25) is 4.79 Å². The van der Waals surface area contributed by atoms with Crippen molar-refractivity contribution in [1.82, 2.24) is 4.90 Å². The van der Waals surface area contributed by atoms with Gasteiger partial charge in [0, 0.05) is 26.2 Å². The zero-order valence-electron chi connectivity index (χ0n) is 16.2. The first-order valence-electron chi connectivity index (χ1n) is 9.52. The van der Waals surface area contributed by atoms with E-state index in [2.05, 4.69) is 0 Å². The summed E-state index contributed by atoms with van der Waals surface area (Å²) in [5.41, 5.74) is 2.81. The molecular formula is C22H27FN2O2. The molecule has 1 heterocycles. The van der Waals surface area contributed by atoms with E-state index in [1.807, 2.05) is 54.8 Å². The second-order valence-corrected chi connectivity index (χ2v) is 6.98. The monoisotopic (exact) mass is 370 g/mol. The fourth-order valence-electron chi connectivity index (χ4n) is 3.39. The van der Waals surface area contributed by atoms with Crippen LogP contribution < -0.4 is 9.64 Å². The second kappa shape index (κ2) is 8.42. The van der Waals surface area contributed by atoms with Crippen LogP contribution in [0.25, 0.3) is 0 Å². The standard InChI is InChI=1S/C22H27FN2O2/c1-4-20(27-21-11-7-8-16(2)17(21)3)22(26)25-14-12-24(13-15-25)19-10-6-5-9-18(19)23/h5-11,20H,4,12-15H2,1-3H3/t20-/m1/s1. The van der Waals surface area contributed by atoms with Gasteiger partial charge in [0.1, 0.15) is 11.6 Å². The Balaban J connectivity index is 1.63. The number of halogens is 1. The number of para-hydroxylation sites is 1. The summed E-state index contributed by atoms with van der Waals surface area (Å²) >= 11 is 0. The Bertz CT molecular complexity index is 801. The molecule has 1 saturated heterocycles. The van der Waals surface area contributed by atoms with E-state index in [0.717, 1.165) is 16.9 Å². The van der Waals surface area contributed by atoms with Gasteiger partial charge in [-0.05, 0) is 49.6 Å². The van der Waals surface area contributed by atoms with Crippen molar-refractivity contribution in [3.63, 3.8) is 0 Å². The highest BCUT2D eigenvalue weighted by Gasteiger charge is 2.28. The molecule has 0 bridgehead atoms. The van der Waals surface area contributed by atoms with E-state index in [9.17, 15) is 9.18 Å². The van der Waals surface area contributed by atoms with Gasteiger partial charge in [-0.2, -0.15) is 0 Å². The number of piperazine rings is 1. The molecule has 0 unspecified atom stereocenters. The maximum absolute atomic E-state index is 14.0. The fraction of sp³-hybridized carbons (Fsp3) is 0.409. The molecule has 0 spiro atoms. The van der Waals surface area contributed by atoms with Gasteiger partial charge in [-0.25, -0.2) is 4.39 Å². The van der Waals surface area contributed by atoms with Crippen LogP contribution in [0, 0.1) is 19.7 Å². The summed E-state index contributed by atoms with van der Waals surface area (Å²) in [5.74, 6) is 0.550. The zero-order valence-corrected chi connectivity index (χ0v) is 16.2. The summed E-state index contributed by atoms with van der Waals surface area (Å²) in [5, 5.41) is 0. The Morgan fingerprint density at radius 2 is 1.78 bits per heavy atom. The third kappa shape index (κ3) is 4.24. The lowest BCUT2D eigenvalue weighted by Gasteiger charge is -2.37.